The Labute approximate surface area is 212 Å². The fourth-order valence-electron chi connectivity index (χ4n) is 3.41. The highest BCUT2D eigenvalue weighted by atomic mass is 35.5. The van der Waals surface area contributed by atoms with Gasteiger partial charge in [0.15, 0.2) is 0 Å². The summed E-state index contributed by atoms with van der Waals surface area (Å²) in [5.74, 6) is -1.55. The molecule has 0 fully saturated rings. The number of esters is 1. The molecule has 1 unspecified atom stereocenters. The van der Waals surface area contributed by atoms with Crippen LogP contribution in [0.2, 0.25) is 10.0 Å². The number of benzene rings is 3. The van der Waals surface area contributed by atoms with E-state index in [9.17, 15) is 14.4 Å². The number of amides is 2. The van der Waals surface area contributed by atoms with Crippen LogP contribution in [0.5, 0.6) is 0 Å². The second-order valence-corrected chi connectivity index (χ2v) is 8.46. The molecule has 7 nitrogen and oxygen atoms in total. The van der Waals surface area contributed by atoms with Crippen LogP contribution in [0.4, 0.5) is 5.69 Å². The molecule has 3 aromatic carbocycles. The van der Waals surface area contributed by atoms with Gasteiger partial charge in [0.05, 0.1) is 39.9 Å². The van der Waals surface area contributed by atoms with Crippen LogP contribution in [0, 0.1) is 18.3 Å². The van der Waals surface area contributed by atoms with Crippen molar-refractivity contribution in [2.75, 3.05) is 12.4 Å². The van der Waals surface area contributed by atoms with E-state index >= 15 is 0 Å². The lowest BCUT2D eigenvalue weighted by molar-refractivity contribution is -0.142. The zero-order valence-corrected chi connectivity index (χ0v) is 20.4. The van der Waals surface area contributed by atoms with Crippen molar-refractivity contribution in [2.24, 2.45) is 0 Å². The Kier molecular flexibility index (Phi) is 8.48. The number of rotatable bonds is 7. The van der Waals surface area contributed by atoms with E-state index in [1.807, 2.05) is 6.07 Å². The molecule has 3 aromatic rings. The molecule has 0 aliphatic rings. The lowest BCUT2D eigenvalue weighted by Crippen LogP contribution is -2.43. The van der Waals surface area contributed by atoms with Gasteiger partial charge in [0.2, 0.25) is 0 Å². The first-order valence-corrected chi connectivity index (χ1v) is 11.2. The van der Waals surface area contributed by atoms with E-state index in [1.165, 1.54) is 25.3 Å². The number of hydrogen-bond acceptors (Lipinski definition) is 5. The number of aryl methyl sites for hydroxylation is 1. The van der Waals surface area contributed by atoms with E-state index < -0.39 is 23.8 Å². The molecule has 2 N–H and O–H groups in total. The maximum Gasteiger partial charge on any atom is 0.328 e. The number of hydrogen-bond donors (Lipinski definition) is 2. The summed E-state index contributed by atoms with van der Waals surface area (Å²) in [4.78, 5) is 37.7. The van der Waals surface area contributed by atoms with Gasteiger partial charge in [-0.1, -0.05) is 47.5 Å². The van der Waals surface area contributed by atoms with E-state index in [4.69, 9.17) is 33.2 Å². The molecule has 0 saturated carbocycles. The molecular weight excluding hydrogens is 489 g/mol. The molecule has 0 spiro atoms. The third-order valence-electron chi connectivity index (χ3n) is 5.23. The summed E-state index contributed by atoms with van der Waals surface area (Å²) in [7, 11) is 1.24. The standard InChI is InChI=1S/C26H21Cl2N3O4/c1-15-4-3-5-21(28)23(15)25(33)31-22(26(34)35-2)13-16-6-9-18(10-7-16)30-24(32)19-12-17(14-29)8-11-20(19)27/h3-12,22H,13H2,1-2H3,(H,30,32)(H,31,33). The van der Waals surface area contributed by atoms with Crippen LogP contribution in [-0.4, -0.2) is 30.9 Å². The molecule has 9 heteroatoms. The van der Waals surface area contributed by atoms with Gasteiger partial charge in [-0.2, -0.15) is 5.26 Å². The summed E-state index contributed by atoms with van der Waals surface area (Å²) >= 11 is 12.3. The number of halogens is 2. The van der Waals surface area contributed by atoms with Crippen LogP contribution in [-0.2, 0) is 16.0 Å². The minimum atomic E-state index is -0.948. The summed E-state index contributed by atoms with van der Waals surface area (Å²) in [6.07, 6.45) is 0.159. The van der Waals surface area contributed by atoms with Crippen molar-refractivity contribution < 1.29 is 19.1 Å². The quantitative estimate of drug-likeness (QED) is 0.438. The van der Waals surface area contributed by atoms with Crippen LogP contribution in [0.3, 0.4) is 0 Å². The predicted octanol–water partition coefficient (Wildman–Crippen LogP) is 4.94. The minimum absolute atomic E-state index is 0.159. The van der Waals surface area contributed by atoms with Crippen LogP contribution in [0.1, 0.15) is 37.4 Å². The number of carbonyl (C=O) groups is 3. The smallest absolute Gasteiger partial charge is 0.328 e. The Hall–Kier alpha value is -3.86. The number of methoxy groups -OCH3 is 1. The van der Waals surface area contributed by atoms with E-state index in [0.29, 0.717) is 22.4 Å². The molecule has 1 atom stereocenters. The van der Waals surface area contributed by atoms with Gasteiger partial charge in [-0.3, -0.25) is 9.59 Å². The number of carbonyl (C=O) groups excluding carboxylic acids is 3. The highest BCUT2D eigenvalue weighted by Gasteiger charge is 2.24. The van der Waals surface area contributed by atoms with Crippen molar-refractivity contribution in [1.82, 2.24) is 5.32 Å². The first kappa shape index (κ1) is 25.8. The molecule has 178 valence electrons. The fourth-order valence-corrected chi connectivity index (χ4v) is 3.92. The van der Waals surface area contributed by atoms with Gasteiger partial charge in [-0.15, -0.1) is 0 Å². The number of ether oxygens (including phenoxy) is 1. The third-order valence-corrected chi connectivity index (χ3v) is 5.88. The van der Waals surface area contributed by atoms with E-state index in [2.05, 4.69) is 10.6 Å². The Bertz CT molecular complexity index is 1300. The summed E-state index contributed by atoms with van der Waals surface area (Å²) < 4.78 is 4.86. The number of nitriles is 1. The predicted molar refractivity (Wildman–Crippen MR) is 134 cm³/mol. The van der Waals surface area contributed by atoms with Crippen LogP contribution >= 0.6 is 23.2 Å². The first-order valence-electron chi connectivity index (χ1n) is 10.5. The van der Waals surface area contributed by atoms with E-state index in [-0.39, 0.29) is 22.0 Å². The fraction of sp³-hybridized carbons (Fsp3) is 0.154. The Morgan fingerprint density at radius 1 is 1.00 bits per heavy atom. The average molecular weight is 510 g/mol. The molecule has 2 amide bonds. The lowest BCUT2D eigenvalue weighted by Gasteiger charge is -2.18. The van der Waals surface area contributed by atoms with Crippen molar-refractivity contribution in [3.63, 3.8) is 0 Å². The van der Waals surface area contributed by atoms with Crippen molar-refractivity contribution in [3.8, 4) is 6.07 Å². The summed E-state index contributed by atoms with van der Waals surface area (Å²) in [5.41, 5.74) is 2.68. The highest BCUT2D eigenvalue weighted by molar-refractivity contribution is 6.34. The summed E-state index contributed by atoms with van der Waals surface area (Å²) in [5, 5.41) is 15.0. The van der Waals surface area contributed by atoms with Crippen molar-refractivity contribution in [3.05, 3.63) is 98.5 Å². The second-order valence-electron chi connectivity index (χ2n) is 7.64. The highest BCUT2D eigenvalue weighted by Crippen LogP contribution is 2.21. The van der Waals surface area contributed by atoms with Gasteiger partial charge in [0.25, 0.3) is 11.8 Å². The molecule has 0 heterocycles. The average Bonchev–Trinajstić information content (AvgIpc) is 2.84. The van der Waals surface area contributed by atoms with Crippen molar-refractivity contribution in [2.45, 2.75) is 19.4 Å². The maximum atomic E-state index is 12.8. The zero-order chi connectivity index (χ0) is 25.5. The largest absolute Gasteiger partial charge is 0.467 e. The lowest BCUT2D eigenvalue weighted by atomic mass is 10.0. The monoisotopic (exact) mass is 509 g/mol. The van der Waals surface area contributed by atoms with E-state index in [0.717, 1.165) is 5.56 Å². The molecule has 3 rings (SSSR count). The maximum absolute atomic E-state index is 12.8. The normalized spacial score (nSPS) is 11.2. The Morgan fingerprint density at radius 2 is 1.71 bits per heavy atom. The number of nitrogens with one attached hydrogen (secondary N) is 2. The molecule has 0 aliphatic heterocycles. The first-order chi connectivity index (χ1) is 16.7. The van der Waals surface area contributed by atoms with Gasteiger partial charge in [0.1, 0.15) is 6.04 Å². The van der Waals surface area contributed by atoms with Gasteiger partial charge in [0, 0.05) is 12.1 Å². The van der Waals surface area contributed by atoms with E-state index in [1.54, 1.807) is 49.4 Å². The van der Waals surface area contributed by atoms with Crippen LogP contribution in [0.25, 0.3) is 0 Å². The van der Waals surface area contributed by atoms with Crippen molar-refractivity contribution in [1.29, 1.82) is 5.26 Å². The molecule has 0 bridgehead atoms. The molecule has 35 heavy (non-hydrogen) atoms. The molecule has 0 aromatic heterocycles. The second kappa shape index (κ2) is 11.5. The molecule has 0 aliphatic carbocycles. The Morgan fingerprint density at radius 3 is 2.34 bits per heavy atom. The SMILES string of the molecule is COC(=O)C(Cc1ccc(NC(=O)c2cc(C#N)ccc2Cl)cc1)NC(=O)c1c(C)cccc1Cl. The van der Waals surface area contributed by atoms with Crippen LogP contribution in [0.15, 0.2) is 60.7 Å². The zero-order valence-electron chi connectivity index (χ0n) is 18.9. The van der Waals surface area contributed by atoms with Gasteiger partial charge >= 0.3 is 5.97 Å². The number of anilines is 1. The minimum Gasteiger partial charge on any atom is -0.467 e. The summed E-state index contributed by atoms with van der Waals surface area (Å²) in [6, 6.07) is 17.3. The third kappa shape index (κ3) is 6.38. The molecule has 0 radical (unpaired) electrons. The molecular formula is C26H21Cl2N3O4. The van der Waals surface area contributed by atoms with Crippen LogP contribution < -0.4 is 10.6 Å². The summed E-state index contributed by atoms with van der Waals surface area (Å²) in [6.45, 7) is 1.75. The van der Waals surface area contributed by atoms with Gasteiger partial charge in [-0.25, -0.2) is 4.79 Å². The van der Waals surface area contributed by atoms with Gasteiger partial charge < -0.3 is 15.4 Å². The number of nitrogens with zero attached hydrogens (tertiary/aromatic N) is 1. The van der Waals surface area contributed by atoms with Gasteiger partial charge in [-0.05, 0) is 54.4 Å². The Balaban J connectivity index is 1.72. The molecule has 0 saturated heterocycles. The topological polar surface area (TPSA) is 108 Å². The van der Waals surface area contributed by atoms with Crippen molar-refractivity contribution >= 4 is 46.7 Å².